The minimum Gasteiger partial charge on any atom is -0.356 e. The molecule has 0 radical (unpaired) electrons. The number of carbonyl (C=O) groups is 1. The average molecular weight is 421 g/mol. The van der Waals surface area contributed by atoms with E-state index in [1.807, 2.05) is 32.9 Å². The van der Waals surface area contributed by atoms with Crippen LogP contribution in [0.2, 0.25) is 0 Å². The Morgan fingerprint density at radius 1 is 1.00 bits per heavy atom. The van der Waals surface area contributed by atoms with Crippen LogP contribution in [0, 0.1) is 13.8 Å². The third-order valence-corrected chi connectivity index (χ3v) is 5.27. The SMILES string of the molecule is CCc1c(Cc2cc(C)cc(C)c2)n(COCc2ccc(C(C)=O)cc2)c(=O)[nH]c1=O. The first-order valence-corrected chi connectivity index (χ1v) is 10.4. The van der Waals surface area contributed by atoms with Crippen molar-refractivity contribution in [1.82, 2.24) is 9.55 Å². The number of Topliss-reactive ketones (excluding diaryl/α,β-unsaturated/α-hetero) is 1. The zero-order chi connectivity index (χ0) is 22.5. The number of hydrogen-bond acceptors (Lipinski definition) is 4. The summed E-state index contributed by atoms with van der Waals surface area (Å²) < 4.78 is 7.31. The number of hydrogen-bond donors (Lipinski definition) is 1. The number of nitrogens with one attached hydrogen (secondary N) is 1. The van der Waals surface area contributed by atoms with E-state index in [9.17, 15) is 14.4 Å². The van der Waals surface area contributed by atoms with Gasteiger partial charge in [-0.3, -0.25) is 19.1 Å². The fourth-order valence-electron chi connectivity index (χ4n) is 3.81. The molecule has 0 unspecified atom stereocenters. The monoisotopic (exact) mass is 420 g/mol. The van der Waals surface area contributed by atoms with Crippen LogP contribution in [0.15, 0.2) is 52.1 Å². The second-order valence-corrected chi connectivity index (χ2v) is 7.87. The number of ether oxygens (including phenoxy) is 1. The van der Waals surface area contributed by atoms with E-state index in [0.717, 1.165) is 22.3 Å². The third-order valence-electron chi connectivity index (χ3n) is 5.27. The highest BCUT2D eigenvalue weighted by atomic mass is 16.5. The number of aromatic amines is 1. The normalized spacial score (nSPS) is 11.0. The van der Waals surface area contributed by atoms with Gasteiger partial charge in [0.15, 0.2) is 5.78 Å². The Kier molecular flexibility index (Phi) is 7.02. The van der Waals surface area contributed by atoms with Crippen molar-refractivity contribution in [2.75, 3.05) is 0 Å². The van der Waals surface area contributed by atoms with Gasteiger partial charge in [-0.05, 0) is 38.3 Å². The molecule has 0 aliphatic heterocycles. The topological polar surface area (TPSA) is 81.2 Å². The number of H-pyrrole nitrogens is 1. The molecule has 0 atom stereocenters. The number of aryl methyl sites for hydroxylation is 2. The van der Waals surface area contributed by atoms with Gasteiger partial charge in [-0.25, -0.2) is 4.79 Å². The highest BCUT2D eigenvalue weighted by Gasteiger charge is 2.15. The van der Waals surface area contributed by atoms with Crippen molar-refractivity contribution in [2.24, 2.45) is 0 Å². The zero-order valence-corrected chi connectivity index (χ0v) is 18.5. The summed E-state index contributed by atoms with van der Waals surface area (Å²) in [6, 6.07) is 13.4. The summed E-state index contributed by atoms with van der Waals surface area (Å²) in [6.45, 7) is 7.80. The molecular weight excluding hydrogens is 392 g/mol. The van der Waals surface area contributed by atoms with Crippen LogP contribution in [0.1, 0.15) is 57.7 Å². The van der Waals surface area contributed by atoms with Gasteiger partial charge in [0.2, 0.25) is 0 Å². The highest BCUT2D eigenvalue weighted by molar-refractivity contribution is 5.93. The summed E-state index contributed by atoms with van der Waals surface area (Å²) in [6.07, 6.45) is 0.990. The van der Waals surface area contributed by atoms with E-state index >= 15 is 0 Å². The smallest absolute Gasteiger partial charge is 0.330 e. The molecule has 0 fully saturated rings. The number of nitrogens with zero attached hydrogens (tertiary/aromatic N) is 1. The first kappa shape index (κ1) is 22.4. The fraction of sp³-hybridized carbons (Fsp3) is 0.320. The van der Waals surface area contributed by atoms with Gasteiger partial charge >= 0.3 is 5.69 Å². The van der Waals surface area contributed by atoms with E-state index in [-0.39, 0.29) is 24.7 Å². The van der Waals surface area contributed by atoms with Gasteiger partial charge in [-0.15, -0.1) is 0 Å². The highest BCUT2D eigenvalue weighted by Crippen LogP contribution is 2.16. The Morgan fingerprint density at radius 3 is 2.23 bits per heavy atom. The minimum absolute atomic E-state index is 0.00961. The van der Waals surface area contributed by atoms with Crippen molar-refractivity contribution < 1.29 is 9.53 Å². The number of carbonyl (C=O) groups excluding carboxylic acids is 1. The van der Waals surface area contributed by atoms with Crippen molar-refractivity contribution in [2.45, 2.75) is 53.9 Å². The van der Waals surface area contributed by atoms with Gasteiger partial charge in [-0.2, -0.15) is 0 Å². The van der Waals surface area contributed by atoms with Crippen LogP contribution < -0.4 is 11.2 Å². The second kappa shape index (κ2) is 9.71. The van der Waals surface area contributed by atoms with Crippen molar-refractivity contribution in [3.8, 4) is 0 Å². The van der Waals surface area contributed by atoms with Gasteiger partial charge < -0.3 is 4.74 Å². The summed E-state index contributed by atoms with van der Waals surface area (Å²) in [5, 5.41) is 0. The molecular formula is C25H28N2O4. The Morgan fingerprint density at radius 2 is 1.65 bits per heavy atom. The molecule has 0 spiro atoms. The van der Waals surface area contributed by atoms with E-state index in [2.05, 4.69) is 23.2 Å². The molecule has 3 aromatic rings. The minimum atomic E-state index is -0.478. The zero-order valence-electron chi connectivity index (χ0n) is 18.5. The van der Waals surface area contributed by atoms with E-state index in [1.54, 1.807) is 12.1 Å². The lowest BCUT2D eigenvalue weighted by Gasteiger charge is -2.17. The van der Waals surface area contributed by atoms with Crippen LogP contribution in [0.4, 0.5) is 0 Å². The van der Waals surface area contributed by atoms with Gasteiger partial charge in [0.1, 0.15) is 6.73 Å². The molecule has 31 heavy (non-hydrogen) atoms. The van der Waals surface area contributed by atoms with Crippen LogP contribution in [-0.2, 0) is 30.9 Å². The average Bonchev–Trinajstić information content (AvgIpc) is 2.70. The van der Waals surface area contributed by atoms with Crippen molar-refractivity contribution in [3.63, 3.8) is 0 Å². The van der Waals surface area contributed by atoms with Crippen LogP contribution in [-0.4, -0.2) is 15.3 Å². The van der Waals surface area contributed by atoms with Gasteiger partial charge in [0.05, 0.1) is 6.61 Å². The molecule has 1 heterocycles. The first-order chi connectivity index (χ1) is 14.8. The summed E-state index contributed by atoms with van der Waals surface area (Å²) in [5.74, 6) is 0.00961. The summed E-state index contributed by atoms with van der Waals surface area (Å²) in [7, 11) is 0. The maximum Gasteiger partial charge on any atom is 0.330 e. The van der Waals surface area contributed by atoms with E-state index in [4.69, 9.17) is 4.74 Å². The molecule has 6 nitrogen and oxygen atoms in total. The summed E-state index contributed by atoms with van der Waals surface area (Å²) >= 11 is 0. The molecule has 0 saturated heterocycles. The lowest BCUT2D eigenvalue weighted by molar-refractivity contribution is 0.0589. The molecule has 6 heteroatoms. The molecule has 3 rings (SSSR count). The largest absolute Gasteiger partial charge is 0.356 e. The first-order valence-electron chi connectivity index (χ1n) is 10.4. The van der Waals surface area contributed by atoms with Crippen LogP contribution >= 0.6 is 0 Å². The van der Waals surface area contributed by atoms with Gasteiger partial charge in [-0.1, -0.05) is 60.5 Å². The molecule has 0 amide bonds. The van der Waals surface area contributed by atoms with Gasteiger partial charge in [0, 0.05) is 23.2 Å². The molecule has 0 aliphatic carbocycles. The number of rotatable bonds is 8. The summed E-state index contributed by atoms with van der Waals surface area (Å²) in [5.41, 5.74) is 5.30. The fourth-order valence-corrected chi connectivity index (χ4v) is 3.81. The quantitative estimate of drug-likeness (QED) is 0.564. The van der Waals surface area contributed by atoms with Crippen molar-refractivity contribution in [3.05, 3.63) is 102 Å². The Hall–Kier alpha value is -3.25. The predicted molar refractivity (Wildman–Crippen MR) is 121 cm³/mol. The molecule has 1 aromatic heterocycles. The molecule has 2 aromatic carbocycles. The van der Waals surface area contributed by atoms with Crippen LogP contribution in [0.3, 0.4) is 0 Å². The lowest BCUT2D eigenvalue weighted by Crippen LogP contribution is -2.36. The lowest BCUT2D eigenvalue weighted by atomic mass is 10.0. The maximum absolute atomic E-state index is 12.6. The Balaban J connectivity index is 1.87. The van der Waals surface area contributed by atoms with Crippen LogP contribution in [0.25, 0.3) is 0 Å². The van der Waals surface area contributed by atoms with E-state index in [1.165, 1.54) is 11.5 Å². The van der Waals surface area contributed by atoms with Gasteiger partial charge in [0.25, 0.3) is 5.56 Å². The predicted octanol–water partition coefficient (Wildman–Crippen LogP) is 3.68. The van der Waals surface area contributed by atoms with E-state index in [0.29, 0.717) is 29.7 Å². The summed E-state index contributed by atoms with van der Waals surface area (Å²) in [4.78, 5) is 38.8. The Labute approximate surface area is 181 Å². The molecule has 0 bridgehead atoms. The number of ketones is 1. The second-order valence-electron chi connectivity index (χ2n) is 7.87. The van der Waals surface area contributed by atoms with Crippen molar-refractivity contribution in [1.29, 1.82) is 0 Å². The third kappa shape index (κ3) is 5.47. The standard InChI is InChI=1S/C25H28N2O4/c1-5-22-23(13-20-11-16(2)10-17(3)12-20)27(25(30)26-24(22)29)15-31-14-19-6-8-21(9-7-19)18(4)28/h6-12H,5,13-15H2,1-4H3,(H,26,29,30). The molecule has 0 aliphatic rings. The van der Waals surface area contributed by atoms with Crippen LogP contribution in [0.5, 0.6) is 0 Å². The number of aromatic nitrogens is 2. The number of benzene rings is 2. The van der Waals surface area contributed by atoms with E-state index < -0.39 is 5.69 Å². The molecule has 1 N–H and O–H groups in total. The Bertz CT molecular complexity index is 1180. The maximum atomic E-state index is 12.6. The van der Waals surface area contributed by atoms with Crippen molar-refractivity contribution >= 4 is 5.78 Å². The molecule has 0 saturated carbocycles. The molecule has 162 valence electrons.